The van der Waals surface area contributed by atoms with E-state index in [1.54, 1.807) is 12.1 Å². The Kier molecular flexibility index (Phi) is 7.13. The third-order valence-electron chi connectivity index (χ3n) is 4.88. The Hall–Kier alpha value is -3.98. The van der Waals surface area contributed by atoms with Gasteiger partial charge in [-0.3, -0.25) is 4.79 Å². The lowest BCUT2D eigenvalue weighted by atomic mass is 10.0. The van der Waals surface area contributed by atoms with Crippen molar-refractivity contribution in [2.75, 3.05) is 21.3 Å². The van der Waals surface area contributed by atoms with Crippen LogP contribution in [0.5, 0.6) is 17.2 Å². The molecule has 0 heterocycles. The van der Waals surface area contributed by atoms with Crippen LogP contribution in [0.15, 0.2) is 66.7 Å². The largest absolute Gasteiger partial charge is 0.493 e. The van der Waals surface area contributed by atoms with E-state index in [9.17, 15) is 10.1 Å². The van der Waals surface area contributed by atoms with Crippen molar-refractivity contribution in [3.63, 3.8) is 0 Å². The number of amides is 1. The highest BCUT2D eigenvalue weighted by molar-refractivity contribution is 5.80. The molecule has 1 amide bonds. The normalized spacial score (nSPS) is 11.2. The average molecular weight is 416 g/mol. The van der Waals surface area contributed by atoms with Crippen LogP contribution >= 0.6 is 0 Å². The Morgan fingerprint density at radius 3 is 2.00 bits per heavy atom. The van der Waals surface area contributed by atoms with Crippen LogP contribution in [0.25, 0.3) is 11.1 Å². The van der Waals surface area contributed by atoms with Crippen LogP contribution in [0.1, 0.15) is 17.2 Å². The maximum absolute atomic E-state index is 12.6. The quantitative estimate of drug-likeness (QED) is 0.592. The first-order valence-corrected chi connectivity index (χ1v) is 9.72. The van der Waals surface area contributed by atoms with Crippen LogP contribution in [-0.2, 0) is 11.2 Å². The number of hydrogen-bond donors (Lipinski definition) is 1. The smallest absolute Gasteiger partial charge is 0.225 e. The molecule has 0 radical (unpaired) electrons. The van der Waals surface area contributed by atoms with Gasteiger partial charge in [-0.15, -0.1) is 0 Å². The second-order valence-corrected chi connectivity index (χ2v) is 6.83. The molecule has 1 unspecified atom stereocenters. The molecule has 0 aromatic heterocycles. The van der Waals surface area contributed by atoms with E-state index in [0.29, 0.717) is 22.8 Å². The molecular weight excluding hydrogens is 392 g/mol. The van der Waals surface area contributed by atoms with Crippen LogP contribution in [-0.4, -0.2) is 27.2 Å². The van der Waals surface area contributed by atoms with Crippen LogP contribution < -0.4 is 19.5 Å². The third kappa shape index (κ3) is 5.14. The lowest BCUT2D eigenvalue weighted by Gasteiger charge is -2.17. The Balaban J connectivity index is 1.72. The number of nitrogens with one attached hydrogen (secondary N) is 1. The standard InChI is InChI=1S/C25H24N2O4/c1-29-22-14-20(15-23(30-2)25(22)31-3)21(16-26)27-24(28)13-17-9-11-19(12-10-17)18-7-5-4-6-8-18/h4-12,14-15,21H,13H2,1-3H3,(H,27,28). The molecule has 1 atom stereocenters. The minimum Gasteiger partial charge on any atom is -0.493 e. The van der Waals surface area contributed by atoms with Crippen molar-refractivity contribution in [2.45, 2.75) is 12.5 Å². The molecule has 0 spiro atoms. The minimum atomic E-state index is -0.857. The van der Waals surface area contributed by atoms with Gasteiger partial charge in [-0.25, -0.2) is 0 Å². The number of hydrogen-bond acceptors (Lipinski definition) is 5. The maximum atomic E-state index is 12.6. The van der Waals surface area contributed by atoms with E-state index in [4.69, 9.17) is 14.2 Å². The molecule has 3 aromatic rings. The van der Waals surface area contributed by atoms with Gasteiger partial charge in [-0.05, 0) is 34.4 Å². The number of rotatable bonds is 8. The molecule has 0 aliphatic carbocycles. The maximum Gasteiger partial charge on any atom is 0.225 e. The average Bonchev–Trinajstić information content (AvgIpc) is 2.82. The molecule has 0 saturated heterocycles. The van der Waals surface area contributed by atoms with Crippen LogP contribution in [0.4, 0.5) is 0 Å². The van der Waals surface area contributed by atoms with Gasteiger partial charge in [0.1, 0.15) is 6.04 Å². The number of nitriles is 1. The zero-order valence-corrected chi connectivity index (χ0v) is 17.7. The number of methoxy groups -OCH3 is 3. The van der Waals surface area contributed by atoms with Crippen LogP contribution in [0.2, 0.25) is 0 Å². The first-order chi connectivity index (χ1) is 15.1. The van der Waals surface area contributed by atoms with Gasteiger partial charge >= 0.3 is 0 Å². The lowest BCUT2D eigenvalue weighted by Crippen LogP contribution is -2.29. The summed E-state index contributed by atoms with van der Waals surface area (Å²) in [4.78, 5) is 12.6. The van der Waals surface area contributed by atoms with Crippen molar-refractivity contribution >= 4 is 5.91 Å². The molecule has 0 fully saturated rings. The molecule has 6 heteroatoms. The first-order valence-electron chi connectivity index (χ1n) is 9.72. The number of carbonyl (C=O) groups is 1. The Morgan fingerprint density at radius 1 is 0.903 bits per heavy atom. The zero-order valence-electron chi connectivity index (χ0n) is 17.7. The van der Waals surface area contributed by atoms with Gasteiger partial charge in [0.05, 0.1) is 33.8 Å². The summed E-state index contributed by atoms with van der Waals surface area (Å²) in [6.07, 6.45) is 0.164. The van der Waals surface area contributed by atoms with Crippen molar-refractivity contribution in [1.29, 1.82) is 5.26 Å². The fourth-order valence-corrected chi connectivity index (χ4v) is 3.30. The summed E-state index contributed by atoms with van der Waals surface area (Å²) < 4.78 is 16.0. The zero-order chi connectivity index (χ0) is 22.2. The number of carbonyl (C=O) groups excluding carboxylic acids is 1. The molecule has 0 bridgehead atoms. The molecule has 0 aliphatic rings. The highest BCUT2D eigenvalue weighted by Gasteiger charge is 2.20. The van der Waals surface area contributed by atoms with E-state index < -0.39 is 6.04 Å². The van der Waals surface area contributed by atoms with Gasteiger partial charge in [0, 0.05) is 0 Å². The summed E-state index contributed by atoms with van der Waals surface area (Å²) >= 11 is 0. The third-order valence-corrected chi connectivity index (χ3v) is 4.88. The van der Waals surface area contributed by atoms with Crippen molar-refractivity contribution in [2.24, 2.45) is 0 Å². The van der Waals surface area contributed by atoms with E-state index in [0.717, 1.165) is 16.7 Å². The fraction of sp³-hybridized carbons (Fsp3) is 0.200. The van der Waals surface area contributed by atoms with Gasteiger partial charge in [0.25, 0.3) is 0 Å². The van der Waals surface area contributed by atoms with Crippen molar-refractivity contribution in [3.8, 4) is 34.4 Å². The summed E-state index contributed by atoms with van der Waals surface area (Å²) in [5.74, 6) is 1.01. The predicted octanol–water partition coefficient (Wildman–Crippen LogP) is 4.30. The molecule has 1 N–H and O–H groups in total. The highest BCUT2D eigenvalue weighted by Crippen LogP contribution is 2.39. The first kappa shape index (κ1) is 21.7. The Morgan fingerprint density at radius 2 is 1.48 bits per heavy atom. The second kappa shape index (κ2) is 10.2. The van der Waals surface area contributed by atoms with Crippen LogP contribution in [0.3, 0.4) is 0 Å². The molecule has 0 saturated carbocycles. The van der Waals surface area contributed by atoms with Gasteiger partial charge in [0.15, 0.2) is 11.5 Å². The summed E-state index contributed by atoms with van der Waals surface area (Å²) in [7, 11) is 4.51. The SMILES string of the molecule is COc1cc(C(C#N)NC(=O)Cc2ccc(-c3ccccc3)cc2)cc(OC)c1OC. The van der Waals surface area contributed by atoms with Gasteiger partial charge in [-0.1, -0.05) is 54.6 Å². The topological polar surface area (TPSA) is 80.6 Å². The molecule has 31 heavy (non-hydrogen) atoms. The monoisotopic (exact) mass is 416 g/mol. The summed E-state index contributed by atoms with van der Waals surface area (Å²) in [5, 5.41) is 12.4. The lowest BCUT2D eigenvalue weighted by molar-refractivity contribution is -0.120. The van der Waals surface area contributed by atoms with E-state index in [1.807, 2.05) is 54.6 Å². The second-order valence-electron chi connectivity index (χ2n) is 6.83. The summed E-state index contributed by atoms with van der Waals surface area (Å²) in [5.41, 5.74) is 3.60. The molecule has 6 nitrogen and oxygen atoms in total. The number of nitrogens with zero attached hydrogens (tertiary/aromatic N) is 1. The minimum absolute atomic E-state index is 0.164. The molecule has 158 valence electrons. The van der Waals surface area contributed by atoms with E-state index in [-0.39, 0.29) is 12.3 Å². The molecule has 3 aromatic carbocycles. The van der Waals surface area contributed by atoms with Gasteiger partial charge in [-0.2, -0.15) is 5.26 Å². The summed E-state index contributed by atoms with van der Waals surface area (Å²) in [6.45, 7) is 0. The van der Waals surface area contributed by atoms with Crippen LogP contribution in [0, 0.1) is 11.3 Å². The molecule has 3 rings (SSSR count). The van der Waals surface area contributed by atoms with Crippen molar-refractivity contribution < 1.29 is 19.0 Å². The van der Waals surface area contributed by atoms with Crippen molar-refractivity contribution in [3.05, 3.63) is 77.9 Å². The Bertz CT molecular complexity index is 1050. The van der Waals surface area contributed by atoms with Gasteiger partial charge < -0.3 is 19.5 Å². The summed E-state index contributed by atoms with van der Waals surface area (Å²) in [6, 6.07) is 22.4. The molecular formula is C25H24N2O4. The number of benzene rings is 3. The van der Waals surface area contributed by atoms with E-state index in [1.165, 1.54) is 21.3 Å². The predicted molar refractivity (Wildman–Crippen MR) is 118 cm³/mol. The van der Waals surface area contributed by atoms with E-state index >= 15 is 0 Å². The van der Waals surface area contributed by atoms with E-state index in [2.05, 4.69) is 11.4 Å². The number of ether oxygens (including phenoxy) is 3. The fourth-order valence-electron chi connectivity index (χ4n) is 3.30. The highest BCUT2D eigenvalue weighted by atomic mass is 16.5. The van der Waals surface area contributed by atoms with Crippen molar-refractivity contribution in [1.82, 2.24) is 5.32 Å². The van der Waals surface area contributed by atoms with Gasteiger partial charge in [0.2, 0.25) is 11.7 Å². The Labute approximate surface area is 182 Å². The molecule has 0 aliphatic heterocycles.